The molecule has 0 aromatic heterocycles. The lowest BCUT2D eigenvalue weighted by atomic mass is 10.0. The third-order valence-corrected chi connectivity index (χ3v) is 7.03. The molecule has 0 saturated carbocycles. The number of carbonyl (C=O) groups excluding carboxylic acids is 2. The number of anilines is 1. The monoisotopic (exact) mass is 487 g/mol. The Labute approximate surface area is 204 Å². The zero-order valence-corrected chi connectivity index (χ0v) is 21.8. The van der Waals surface area contributed by atoms with E-state index in [9.17, 15) is 18.0 Å². The lowest BCUT2D eigenvalue weighted by molar-refractivity contribution is -0.139. The van der Waals surface area contributed by atoms with Gasteiger partial charge in [-0.15, -0.1) is 0 Å². The molecule has 1 N–H and O–H groups in total. The molecule has 0 heterocycles. The minimum Gasteiger partial charge on any atom is -0.352 e. The van der Waals surface area contributed by atoms with Crippen LogP contribution >= 0.6 is 0 Å². The second-order valence-corrected chi connectivity index (χ2v) is 10.9. The third kappa shape index (κ3) is 7.58. The van der Waals surface area contributed by atoms with Gasteiger partial charge in [-0.1, -0.05) is 63.2 Å². The van der Waals surface area contributed by atoms with Crippen molar-refractivity contribution in [1.82, 2.24) is 10.2 Å². The van der Waals surface area contributed by atoms with E-state index in [-0.39, 0.29) is 18.5 Å². The van der Waals surface area contributed by atoms with Gasteiger partial charge >= 0.3 is 0 Å². The van der Waals surface area contributed by atoms with E-state index in [4.69, 9.17) is 0 Å². The van der Waals surface area contributed by atoms with Crippen LogP contribution in [0, 0.1) is 0 Å². The van der Waals surface area contributed by atoms with Crippen molar-refractivity contribution < 1.29 is 18.0 Å². The van der Waals surface area contributed by atoms with Crippen LogP contribution in [0.2, 0.25) is 0 Å². The highest BCUT2D eigenvalue weighted by Crippen LogP contribution is 2.22. The molecule has 7 nitrogen and oxygen atoms in total. The van der Waals surface area contributed by atoms with E-state index < -0.39 is 28.5 Å². The Hall–Kier alpha value is -2.87. The summed E-state index contributed by atoms with van der Waals surface area (Å²) in [4.78, 5) is 27.8. The van der Waals surface area contributed by atoms with Gasteiger partial charge < -0.3 is 10.2 Å². The fourth-order valence-corrected chi connectivity index (χ4v) is 4.32. The molecule has 0 spiro atoms. The van der Waals surface area contributed by atoms with Crippen LogP contribution in [0.5, 0.6) is 0 Å². The molecule has 0 fully saturated rings. The Morgan fingerprint density at radius 1 is 0.941 bits per heavy atom. The van der Waals surface area contributed by atoms with Crippen LogP contribution in [0.15, 0.2) is 54.6 Å². The van der Waals surface area contributed by atoms with Gasteiger partial charge in [0.2, 0.25) is 21.8 Å². The van der Waals surface area contributed by atoms with E-state index in [1.807, 2.05) is 56.3 Å². The highest BCUT2D eigenvalue weighted by Gasteiger charge is 2.30. The standard InChI is InChI=1S/C26H37N3O4S/c1-7-20(4)27-26(31)21(5)28(17-22-11-9-8-10-12-22)25(30)18-29(34(6,32)33)24-15-13-23(14-16-24)19(2)3/h8-16,19-21H,7,17-18H2,1-6H3,(H,27,31)/t20-,21-/m1/s1. The normalized spacial score (nSPS) is 13.3. The predicted molar refractivity (Wildman–Crippen MR) is 137 cm³/mol. The summed E-state index contributed by atoms with van der Waals surface area (Å²) in [6.45, 7) is 9.45. The van der Waals surface area contributed by atoms with Crippen molar-refractivity contribution >= 4 is 27.5 Å². The van der Waals surface area contributed by atoms with E-state index in [1.54, 1.807) is 19.1 Å². The van der Waals surface area contributed by atoms with Gasteiger partial charge in [-0.25, -0.2) is 8.42 Å². The van der Waals surface area contributed by atoms with E-state index in [2.05, 4.69) is 19.2 Å². The molecule has 2 rings (SSSR count). The van der Waals surface area contributed by atoms with E-state index in [0.717, 1.165) is 28.1 Å². The van der Waals surface area contributed by atoms with Crippen LogP contribution in [0.3, 0.4) is 0 Å². The number of amides is 2. The van der Waals surface area contributed by atoms with Gasteiger partial charge in [-0.05, 0) is 49.4 Å². The molecular weight excluding hydrogens is 450 g/mol. The number of benzene rings is 2. The van der Waals surface area contributed by atoms with Gasteiger partial charge in [-0.2, -0.15) is 0 Å². The van der Waals surface area contributed by atoms with Crippen molar-refractivity contribution in [3.8, 4) is 0 Å². The molecule has 0 saturated heterocycles. The summed E-state index contributed by atoms with van der Waals surface area (Å²) in [5.74, 6) is -0.423. The molecule has 0 radical (unpaired) electrons. The SMILES string of the molecule is CC[C@@H](C)NC(=O)[C@@H](C)N(Cc1ccccc1)C(=O)CN(c1ccc(C(C)C)cc1)S(C)(=O)=O. The molecule has 0 aliphatic heterocycles. The first kappa shape index (κ1) is 27.4. The van der Waals surface area contributed by atoms with Crippen molar-refractivity contribution in [3.05, 3.63) is 65.7 Å². The van der Waals surface area contributed by atoms with Gasteiger partial charge in [0.1, 0.15) is 12.6 Å². The first-order valence-corrected chi connectivity index (χ1v) is 13.5. The average Bonchev–Trinajstić information content (AvgIpc) is 2.80. The second-order valence-electron chi connectivity index (χ2n) is 9.02. The van der Waals surface area contributed by atoms with Crippen molar-refractivity contribution in [3.63, 3.8) is 0 Å². The van der Waals surface area contributed by atoms with Crippen LogP contribution in [-0.4, -0.2) is 50.0 Å². The Morgan fingerprint density at radius 3 is 2.03 bits per heavy atom. The Kier molecular flexibility index (Phi) is 9.67. The number of hydrogen-bond acceptors (Lipinski definition) is 4. The lowest BCUT2D eigenvalue weighted by Gasteiger charge is -2.32. The topological polar surface area (TPSA) is 86.8 Å². The number of carbonyl (C=O) groups is 2. The second kappa shape index (κ2) is 12.0. The first-order chi connectivity index (χ1) is 15.9. The smallest absolute Gasteiger partial charge is 0.244 e. The first-order valence-electron chi connectivity index (χ1n) is 11.7. The summed E-state index contributed by atoms with van der Waals surface area (Å²) in [6.07, 6.45) is 1.84. The van der Waals surface area contributed by atoms with Gasteiger partial charge in [0.25, 0.3) is 0 Å². The van der Waals surface area contributed by atoms with Crippen LogP contribution < -0.4 is 9.62 Å². The fraction of sp³-hybridized carbons (Fsp3) is 0.462. The molecule has 0 aliphatic rings. The molecule has 8 heteroatoms. The Morgan fingerprint density at radius 2 is 1.53 bits per heavy atom. The zero-order valence-electron chi connectivity index (χ0n) is 21.0. The van der Waals surface area contributed by atoms with Crippen molar-refractivity contribution in [1.29, 1.82) is 0 Å². The lowest BCUT2D eigenvalue weighted by Crippen LogP contribution is -2.52. The van der Waals surface area contributed by atoms with Gasteiger partial charge in [0, 0.05) is 12.6 Å². The van der Waals surface area contributed by atoms with Gasteiger partial charge in [0.05, 0.1) is 11.9 Å². The Balaban J connectivity index is 2.35. The zero-order chi connectivity index (χ0) is 25.5. The number of sulfonamides is 1. The summed E-state index contributed by atoms with van der Waals surface area (Å²) >= 11 is 0. The highest BCUT2D eigenvalue weighted by atomic mass is 32.2. The maximum atomic E-state index is 13.5. The van der Waals surface area contributed by atoms with Gasteiger partial charge in [-0.3, -0.25) is 13.9 Å². The van der Waals surface area contributed by atoms with Gasteiger partial charge in [0.15, 0.2) is 0 Å². The summed E-state index contributed by atoms with van der Waals surface area (Å²) in [5.41, 5.74) is 2.34. The summed E-state index contributed by atoms with van der Waals surface area (Å²) in [6, 6.07) is 15.7. The quantitative estimate of drug-likeness (QED) is 0.521. The molecule has 186 valence electrons. The van der Waals surface area contributed by atoms with Crippen molar-refractivity contribution in [2.24, 2.45) is 0 Å². The summed E-state index contributed by atoms with van der Waals surface area (Å²) in [7, 11) is -3.74. The molecule has 2 aromatic rings. The van der Waals surface area contributed by atoms with Crippen LogP contribution in [0.25, 0.3) is 0 Å². The van der Waals surface area contributed by atoms with E-state index >= 15 is 0 Å². The number of rotatable bonds is 11. The molecule has 34 heavy (non-hydrogen) atoms. The minimum absolute atomic E-state index is 0.0318. The van der Waals surface area contributed by atoms with Crippen LogP contribution in [0.1, 0.15) is 58.1 Å². The minimum atomic E-state index is -3.74. The number of hydrogen-bond donors (Lipinski definition) is 1. The number of nitrogens with one attached hydrogen (secondary N) is 1. The fourth-order valence-electron chi connectivity index (χ4n) is 3.47. The number of nitrogens with zero attached hydrogens (tertiary/aromatic N) is 2. The maximum absolute atomic E-state index is 13.5. The average molecular weight is 488 g/mol. The van der Waals surface area contributed by atoms with E-state index in [1.165, 1.54) is 4.90 Å². The molecular formula is C26H37N3O4S. The van der Waals surface area contributed by atoms with Crippen LogP contribution in [0.4, 0.5) is 5.69 Å². The highest BCUT2D eigenvalue weighted by molar-refractivity contribution is 7.92. The summed E-state index contributed by atoms with van der Waals surface area (Å²) in [5, 5.41) is 2.92. The maximum Gasteiger partial charge on any atom is 0.244 e. The summed E-state index contributed by atoms with van der Waals surface area (Å²) < 4.78 is 26.4. The van der Waals surface area contributed by atoms with Crippen molar-refractivity contribution in [2.45, 2.75) is 65.6 Å². The molecule has 0 aliphatic carbocycles. The third-order valence-electron chi connectivity index (χ3n) is 5.89. The predicted octanol–water partition coefficient (Wildman–Crippen LogP) is 3.91. The largest absolute Gasteiger partial charge is 0.352 e. The molecule has 2 atom stereocenters. The molecule has 0 unspecified atom stereocenters. The molecule has 2 amide bonds. The molecule has 2 aromatic carbocycles. The molecule has 0 bridgehead atoms. The van der Waals surface area contributed by atoms with Crippen LogP contribution in [-0.2, 0) is 26.2 Å². The van der Waals surface area contributed by atoms with E-state index in [0.29, 0.717) is 11.6 Å². The van der Waals surface area contributed by atoms with Crippen molar-refractivity contribution in [2.75, 3.05) is 17.1 Å². The Bertz CT molecular complexity index is 1050.